The molecule has 3 rings (SSSR count). The van der Waals surface area contributed by atoms with Crippen molar-refractivity contribution >= 4 is 5.96 Å². The van der Waals surface area contributed by atoms with Crippen LogP contribution < -0.4 is 20.1 Å². The molecule has 0 amide bonds. The zero-order valence-electron chi connectivity index (χ0n) is 16.8. The Morgan fingerprint density at radius 2 is 2.13 bits per heavy atom. The summed E-state index contributed by atoms with van der Waals surface area (Å²) in [4.78, 5) is 8.34. The van der Waals surface area contributed by atoms with Gasteiger partial charge in [0.2, 0.25) is 5.88 Å². The number of nitrogens with zero attached hydrogens (tertiary/aromatic N) is 2. The summed E-state index contributed by atoms with van der Waals surface area (Å²) in [6.07, 6.45) is -1.28. The number of aliphatic imine (C=N–C) groups is 1. The van der Waals surface area contributed by atoms with E-state index in [2.05, 4.69) is 32.7 Å². The molecule has 9 heteroatoms. The lowest BCUT2D eigenvalue weighted by atomic mass is 10.1. The molecule has 30 heavy (non-hydrogen) atoms. The Labute approximate surface area is 173 Å². The summed E-state index contributed by atoms with van der Waals surface area (Å²) in [6.45, 7) is 2.76. The number of fused-ring (bicyclic) bond motifs is 1. The number of alkyl halides is 3. The summed E-state index contributed by atoms with van der Waals surface area (Å²) in [6, 6.07) is 9.51. The van der Waals surface area contributed by atoms with E-state index in [1.807, 2.05) is 13.0 Å². The molecule has 0 saturated carbocycles. The fraction of sp³-hybridized carbons (Fsp3) is 0.429. The highest BCUT2D eigenvalue weighted by Crippen LogP contribution is 2.26. The summed E-state index contributed by atoms with van der Waals surface area (Å²) >= 11 is 0. The first-order valence-electron chi connectivity index (χ1n) is 9.85. The van der Waals surface area contributed by atoms with Gasteiger partial charge in [-0.2, -0.15) is 13.2 Å². The summed E-state index contributed by atoms with van der Waals surface area (Å²) in [5.74, 6) is 1.48. The van der Waals surface area contributed by atoms with Gasteiger partial charge in [-0.15, -0.1) is 0 Å². The summed E-state index contributed by atoms with van der Waals surface area (Å²) < 4.78 is 47.6. The minimum absolute atomic E-state index is 0.0604. The van der Waals surface area contributed by atoms with Crippen LogP contribution in [-0.2, 0) is 19.4 Å². The maximum atomic E-state index is 12.4. The van der Waals surface area contributed by atoms with Crippen molar-refractivity contribution in [3.05, 3.63) is 53.2 Å². The van der Waals surface area contributed by atoms with Gasteiger partial charge >= 0.3 is 6.18 Å². The molecule has 0 bridgehead atoms. The van der Waals surface area contributed by atoms with Crippen LogP contribution in [0.2, 0.25) is 0 Å². The average Bonchev–Trinajstić information content (AvgIpc) is 3.18. The molecule has 0 saturated heterocycles. The Morgan fingerprint density at radius 1 is 1.27 bits per heavy atom. The molecule has 1 aliphatic heterocycles. The van der Waals surface area contributed by atoms with Gasteiger partial charge in [-0.1, -0.05) is 18.2 Å². The Bertz CT molecular complexity index is 872. The molecule has 0 radical (unpaired) electrons. The predicted octanol–water partition coefficient (Wildman–Crippen LogP) is 3.26. The third-order valence-electron chi connectivity index (χ3n) is 4.43. The van der Waals surface area contributed by atoms with Gasteiger partial charge in [0.25, 0.3) is 0 Å². The molecule has 0 unspecified atom stereocenters. The van der Waals surface area contributed by atoms with E-state index in [-0.39, 0.29) is 12.4 Å². The number of hydrogen-bond acceptors (Lipinski definition) is 4. The van der Waals surface area contributed by atoms with Gasteiger partial charge in [0.1, 0.15) is 5.75 Å². The summed E-state index contributed by atoms with van der Waals surface area (Å²) in [5.41, 5.74) is 2.92. The van der Waals surface area contributed by atoms with E-state index in [1.54, 1.807) is 12.1 Å². The molecular weight excluding hydrogens is 397 g/mol. The lowest BCUT2D eigenvalue weighted by Gasteiger charge is -2.13. The normalized spacial score (nSPS) is 13.5. The average molecular weight is 422 g/mol. The molecule has 0 atom stereocenters. The number of halogens is 3. The van der Waals surface area contributed by atoms with E-state index < -0.39 is 12.8 Å². The zero-order chi connectivity index (χ0) is 21.4. The van der Waals surface area contributed by atoms with E-state index >= 15 is 0 Å². The summed E-state index contributed by atoms with van der Waals surface area (Å²) in [5, 5.41) is 6.38. The zero-order valence-corrected chi connectivity index (χ0v) is 16.8. The van der Waals surface area contributed by atoms with Gasteiger partial charge in [0, 0.05) is 31.3 Å². The van der Waals surface area contributed by atoms with Crippen LogP contribution in [0.1, 0.15) is 23.6 Å². The quantitative estimate of drug-likeness (QED) is 0.505. The van der Waals surface area contributed by atoms with Crippen molar-refractivity contribution in [2.75, 3.05) is 26.3 Å². The fourth-order valence-corrected chi connectivity index (χ4v) is 3.05. The van der Waals surface area contributed by atoms with Crippen LogP contribution in [0.3, 0.4) is 0 Å². The third-order valence-corrected chi connectivity index (χ3v) is 4.43. The largest absolute Gasteiger partial charge is 0.493 e. The molecule has 0 aliphatic carbocycles. The number of ether oxygens (including phenoxy) is 2. The molecule has 0 spiro atoms. The van der Waals surface area contributed by atoms with Gasteiger partial charge in [-0.3, -0.25) is 0 Å². The second kappa shape index (κ2) is 10.2. The monoisotopic (exact) mass is 422 g/mol. The van der Waals surface area contributed by atoms with Crippen LogP contribution in [0, 0.1) is 0 Å². The van der Waals surface area contributed by atoms with Gasteiger partial charge in [-0.05, 0) is 36.6 Å². The number of pyridine rings is 1. The number of benzene rings is 1. The van der Waals surface area contributed by atoms with Crippen LogP contribution in [0.4, 0.5) is 13.2 Å². The first-order valence-corrected chi connectivity index (χ1v) is 9.85. The fourth-order valence-electron chi connectivity index (χ4n) is 3.05. The van der Waals surface area contributed by atoms with Crippen molar-refractivity contribution in [1.82, 2.24) is 15.6 Å². The Morgan fingerprint density at radius 3 is 2.93 bits per heavy atom. The van der Waals surface area contributed by atoms with Gasteiger partial charge in [0.15, 0.2) is 12.6 Å². The molecule has 1 aliphatic rings. The standard InChI is InChI=1S/C21H25F3N4O2/c1-2-25-20(27-10-7-15-5-6-18-16(12-15)8-11-29-18)28-13-17-4-3-9-26-19(17)30-14-21(22,23)24/h3-6,9,12H,2,7-8,10-11,13-14H2,1H3,(H2,25,27,28). The lowest BCUT2D eigenvalue weighted by molar-refractivity contribution is -0.154. The predicted molar refractivity (Wildman–Crippen MR) is 108 cm³/mol. The Balaban J connectivity index is 1.57. The van der Waals surface area contributed by atoms with E-state index in [9.17, 15) is 13.2 Å². The van der Waals surface area contributed by atoms with Gasteiger partial charge in [-0.25, -0.2) is 9.98 Å². The van der Waals surface area contributed by atoms with E-state index in [0.29, 0.717) is 24.6 Å². The number of nitrogens with one attached hydrogen (secondary N) is 2. The lowest BCUT2D eigenvalue weighted by Crippen LogP contribution is -2.38. The van der Waals surface area contributed by atoms with Gasteiger partial charge in [0.05, 0.1) is 13.2 Å². The van der Waals surface area contributed by atoms with Crippen molar-refractivity contribution in [2.45, 2.75) is 32.5 Å². The van der Waals surface area contributed by atoms with Crippen molar-refractivity contribution in [3.8, 4) is 11.6 Å². The molecular formula is C21H25F3N4O2. The molecule has 1 aromatic carbocycles. The molecule has 162 valence electrons. The smallest absolute Gasteiger partial charge is 0.422 e. The third kappa shape index (κ3) is 6.53. The molecule has 1 aromatic heterocycles. The van der Waals surface area contributed by atoms with Crippen LogP contribution in [0.25, 0.3) is 0 Å². The Hall–Kier alpha value is -2.97. The van der Waals surface area contributed by atoms with Gasteiger partial charge < -0.3 is 20.1 Å². The molecule has 2 aromatic rings. The van der Waals surface area contributed by atoms with E-state index in [0.717, 1.165) is 25.2 Å². The Kier molecular flexibility index (Phi) is 7.37. The van der Waals surface area contributed by atoms with Crippen molar-refractivity contribution < 1.29 is 22.6 Å². The van der Waals surface area contributed by atoms with Crippen LogP contribution in [0.15, 0.2) is 41.5 Å². The second-order valence-corrected chi connectivity index (χ2v) is 6.78. The highest BCUT2D eigenvalue weighted by molar-refractivity contribution is 5.79. The number of rotatable bonds is 8. The van der Waals surface area contributed by atoms with Crippen LogP contribution in [-0.4, -0.2) is 43.4 Å². The van der Waals surface area contributed by atoms with Crippen molar-refractivity contribution in [2.24, 2.45) is 4.99 Å². The minimum Gasteiger partial charge on any atom is -0.493 e. The minimum atomic E-state index is -4.42. The summed E-state index contributed by atoms with van der Waals surface area (Å²) in [7, 11) is 0. The van der Waals surface area contributed by atoms with Crippen LogP contribution >= 0.6 is 0 Å². The van der Waals surface area contributed by atoms with E-state index in [1.165, 1.54) is 17.3 Å². The van der Waals surface area contributed by atoms with E-state index in [4.69, 9.17) is 9.47 Å². The highest BCUT2D eigenvalue weighted by Gasteiger charge is 2.29. The first-order chi connectivity index (χ1) is 14.4. The maximum absolute atomic E-state index is 12.4. The molecule has 2 N–H and O–H groups in total. The first kappa shape index (κ1) is 21.7. The number of hydrogen-bond donors (Lipinski definition) is 2. The molecule has 0 fully saturated rings. The molecule has 6 nitrogen and oxygen atoms in total. The SMILES string of the molecule is CCNC(=NCc1cccnc1OCC(F)(F)F)NCCc1ccc2c(c1)CCO2. The topological polar surface area (TPSA) is 67.8 Å². The van der Waals surface area contributed by atoms with Crippen molar-refractivity contribution in [3.63, 3.8) is 0 Å². The van der Waals surface area contributed by atoms with Crippen molar-refractivity contribution in [1.29, 1.82) is 0 Å². The maximum Gasteiger partial charge on any atom is 0.422 e. The second-order valence-electron chi connectivity index (χ2n) is 6.78. The number of aromatic nitrogens is 1. The molecule has 2 heterocycles. The number of guanidine groups is 1. The highest BCUT2D eigenvalue weighted by atomic mass is 19.4. The van der Waals surface area contributed by atoms with Crippen LogP contribution in [0.5, 0.6) is 11.6 Å².